The van der Waals surface area contributed by atoms with Crippen LogP contribution in [-0.4, -0.2) is 17.3 Å². The zero-order valence-corrected chi connectivity index (χ0v) is 12.0. The first kappa shape index (κ1) is 12.9. The predicted molar refractivity (Wildman–Crippen MR) is 79.7 cm³/mol. The second-order valence-electron chi connectivity index (χ2n) is 4.65. The minimum atomic E-state index is 0.0504. The van der Waals surface area contributed by atoms with E-state index >= 15 is 0 Å². The van der Waals surface area contributed by atoms with Gasteiger partial charge in [-0.05, 0) is 47.6 Å². The first-order valence-electron chi connectivity index (χ1n) is 6.30. The Morgan fingerprint density at radius 1 is 1.20 bits per heavy atom. The van der Waals surface area contributed by atoms with Crippen molar-refractivity contribution in [1.29, 1.82) is 0 Å². The Kier molecular flexibility index (Phi) is 3.28. The quantitative estimate of drug-likeness (QED) is 0.738. The molecule has 2 aromatic carbocycles. The van der Waals surface area contributed by atoms with E-state index in [1.807, 2.05) is 25.1 Å². The van der Waals surface area contributed by atoms with Crippen LogP contribution in [0.1, 0.15) is 24.3 Å². The van der Waals surface area contributed by atoms with Crippen LogP contribution in [0.2, 0.25) is 0 Å². The van der Waals surface area contributed by atoms with Gasteiger partial charge in [0.05, 0.1) is 13.0 Å². The van der Waals surface area contributed by atoms with Crippen LogP contribution >= 0.6 is 12.2 Å². The Bertz CT molecular complexity index is 807. The molecule has 0 aliphatic carbocycles. The third-order valence-electron chi connectivity index (χ3n) is 3.40. The normalized spacial score (nSPS) is 12.5. The lowest BCUT2D eigenvalue weighted by molar-refractivity contribution is 0.415. The molecule has 3 aromatic rings. The Morgan fingerprint density at radius 2 is 1.95 bits per heavy atom. The Balaban J connectivity index is 2.02. The number of hydrogen-bond donors (Lipinski definition) is 1. The summed E-state index contributed by atoms with van der Waals surface area (Å²) in [4.78, 5) is 0.303. The molecule has 0 saturated carbocycles. The number of fused-ring (bicyclic) bond motifs is 1. The van der Waals surface area contributed by atoms with E-state index < -0.39 is 0 Å². The monoisotopic (exact) mass is 286 g/mol. The van der Waals surface area contributed by atoms with E-state index in [1.54, 1.807) is 7.11 Å². The number of H-pyrrole nitrogens is 1. The molecule has 0 radical (unpaired) electrons. The summed E-state index contributed by atoms with van der Waals surface area (Å²) in [5, 5.41) is 9.04. The first-order chi connectivity index (χ1) is 9.67. The molecular weight excluding hydrogens is 272 g/mol. The fourth-order valence-electron chi connectivity index (χ4n) is 2.21. The van der Waals surface area contributed by atoms with Crippen molar-refractivity contribution < 1.29 is 9.15 Å². The smallest absolute Gasteiger partial charge is 0.284 e. The van der Waals surface area contributed by atoms with E-state index in [-0.39, 0.29) is 5.92 Å². The van der Waals surface area contributed by atoms with Gasteiger partial charge in [0.2, 0.25) is 5.89 Å². The molecule has 0 aliphatic rings. The standard InChI is InChI=1S/C15H14N2O2S/c1-9(14-16-17-15(20)19-14)10-3-4-12-8-13(18-2)6-5-11(12)7-10/h3-9H,1-2H3,(H,17,20). The fraction of sp³-hybridized carbons (Fsp3) is 0.200. The van der Waals surface area contributed by atoms with Crippen molar-refractivity contribution in [3.05, 3.63) is 52.7 Å². The molecule has 3 rings (SSSR count). The average Bonchev–Trinajstić information content (AvgIpc) is 2.92. The maximum atomic E-state index is 5.38. The van der Waals surface area contributed by atoms with E-state index in [1.165, 1.54) is 0 Å². The lowest BCUT2D eigenvalue weighted by Gasteiger charge is -2.09. The highest BCUT2D eigenvalue weighted by Crippen LogP contribution is 2.27. The lowest BCUT2D eigenvalue weighted by atomic mass is 9.97. The molecule has 0 spiro atoms. The van der Waals surface area contributed by atoms with E-state index in [0.29, 0.717) is 10.7 Å². The van der Waals surface area contributed by atoms with Crippen molar-refractivity contribution in [2.45, 2.75) is 12.8 Å². The Hall–Kier alpha value is -2.14. The zero-order chi connectivity index (χ0) is 14.1. The van der Waals surface area contributed by atoms with Crippen LogP contribution in [0.3, 0.4) is 0 Å². The summed E-state index contributed by atoms with van der Waals surface area (Å²) in [6.45, 7) is 2.04. The minimum Gasteiger partial charge on any atom is -0.497 e. The maximum Gasteiger partial charge on any atom is 0.284 e. The topological polar surface area (TPSA) is 51.0 Å². The molecule has 0 saturated heterocycles. The van der Waals surface area contributed by atoms with Crippen LogP contribution < -0.4 is 4.74 Å². The second kappa shape index (κ2) is 5.09. The molecule has 4 nitrogen and oxygen atoms in total. The van der Waals surface area contributed by atoms with Crippen LogP contribution in [0.25, 0.3) is 10.8 Å². The van der Waals surface area contributed by atoms with Gasteiger partial charge in [0.15, 0.2) is 0 Å². The summed E-state index contributed by atoms with van der Waals surface area (Å²) < 4.78 is 10.6. The SMILES string of the molecule is COc1ccc2cc(C(C)c3n[nH]c(=S)o3)ccc2c1. The third kappa shape index (κ3) is 2.32. The summed E-state index contributed by atoms with van der Waals surface area (Å²) in [6, 6.07) is 12.3. The Labute approximate surface area is 121 Å². The van der Waals surface area contributed by atoms with Gasteiger partial charge in [0, 0.05) is 0 Å². The van der Waals surface area contributed by atoms with Crippen LogP contribution in [-0.2, 0) is 0 Å². The predicted octanol–water partition coefficient (Wildman–Crippen LogP) is 4.05. The number of nitrogens with zero attached hydrogens (tertiary/aromatic N) is 1. The summed E-state index contributed by atoms with van der Waals surface area (Å²) in [7, 11) is 1.67. The number of rotatable bonds is 3. The van der Waals surface area contributed by atoms with Crippen LogP contribution in [0.4, 0.5) is 0 Å². The van der Waals surface area contributed by atoms with Gasteiger partial charge in [-0.25, -0.2) is 5.10 Å². The van der Waals surface area contributed by atoms with Gasteiger partial charge in [0.25, 0.3) is 4.84 Å². The van der Waals surface area contributed by atoms with E-state index in [2.05, 4.69) is 28.4 Å². The van der Waals surface area contributed by atoms with Crippen LogP contribution in [0, 0.1) is 4.84 Å². The summed E-state index contributed by atoms with van der Waals surface area (Å²) in [5.41, 5.74) is 1.13. The first-order valence-corrected chi connectivity index (χ1v) is 6.71. The number of aromatic nitrogens is 2. The molecule has 20 heavy (non-hydrogen) atoms. The third-order valence-corrected chi connectivity index (χ3v) is 3.57. The van der Waals surface area contributed by atoms with Gasteiger partial charge in [0.1, 0.15) is 5.75 Å². The lowest BCUT2D eigenvalue weighted by Crippen LogP contribution is -1.96. The molecule has 1 unspecified atom stereocenters. The van der Waals surface area contributed by atoms with Crippen molar-refractivity contribution in [3.8, 4) is 5.75 Å². The molecular formula is C15H14N2O2S. The van der Waals surface area contributed by atoms with E-state index in [0.717, 1.165) is 22.1 Å². The maximum absolute atomic E-state index is 5.38. The summed E-state index contributed by atoms with van der Waals surface area (Å²) in [6.07, 6.45) is 0. The van der Waals surface area contributed by atoms with Gasteiger partial charge >= 0.3 is 0 Å². The molecule has 0 bridgehead atoms. The van der Waals surface area contributed by atoms with Gasteiger partial charge < -0.3 is 9.15 Å². The Morgan fingerprint density at radius 3 is 2.65 bits per heavy atom. The zero-order valence-electron chi connectivity index (χ0n) is 11.2. The number of aromatic amines is 1. The molecule has 1 N–H and O–H groups in total. The average molecular weight is 286 g/mol. The number of methoxy groups -OCH3 is 1. The van der Waals surface area contributed by atoms with Crippen molar-refractivity contribution in [2.75, 3.05) is 7.11 Å². The highest BCUT2D eigenvalue weighted by Gasteiger charge is 2.14. The molecule has 0 fully saturated rings. The van der Waals surface area contributed by atoms with Crippen LogP contribution in [0.15, 0.2) is 40.8 Å². The highest BCUT2D eigenvalue weighted by molar-refractivity contribution is 7.71. The van der Waals surface area contributed by atoms with Crippen molar-refractivity contribution in [2.24, 2.45) is 0 Å². The largest absolute Gasteiger partial charge is 0.497 e. The molecule has 5 heteroatoms. The summed E-state index contributed by atoms with van der Waals surface area (Å²) in [5.74, 6) is 1.51. The molecule has 1 aromatic heterocycles. The fourth-order valence-corrected chi connectivity index (χ4v) is 2.34. The molecule has 102 valence electrons. The van der Waals surface area contributed by atoms with Crippen molar-refractivity contribution >= 4 is 23.0 Å². The molecule has 0 aliphatic heterocycles. The number of benzene rings is 2. The molecule has 0 amide bonds. The van der Waals surface area contributed by atoms with Crippen molar-refractivity contribution in [1.82, 2.24) is 10.2 Å². The summed E-state index contributed by atoms with van der Waals surface area (Å²) >= 11 is 4.91. The van der Waals surface area contributed by atoms with Crippen LogP contribution in [0.5, 0.6) is 5.75 Å². The van der Waals surface area contributed by atoms with Crippen molar-refractivity contribution in [3.63, 3.8) is 0 Å². The number of nitrogens with one attached hydrogen (secondary N) is 1. The van der Waals surface area contributed by atoms with Gasteiger partial charge in [-0.2, -0.15) is 0 Å². The molecule has 1 heterocycles. The van der Waals surface area contributed by atoms with Gasteiger partial charge in [-0.3, -0.25) is 0 Å². The van der Waals surface area contributed by atoms with Gasteiger partial charge in [-0.15, -0.1) is 5.10 Å². The second-order valence-corrected chi connectivity index (χ2v) is 5.02. The number of ether oxygens (including phenoxy) is 1. The van der Waals surface area contributed by atoms with Gasteiger partial charge in [-0.1, -0.05) is 24.3 Å². The number of hydrogen-bond acceptors (Lipinski definition) is 4. The highest BCUT2D eigenvalue weighted by atomic mass is 32.1. The molecule has 1 atom stereocenters. The van der Waals surface area contributed by atoms with E-state index in [9.17, 15) is 0 Å². The minimum absolute atomic E-state index is 0.0504. The van der Waals surface area contributed by atoms with E-state index in [4.69, 9.17) is 21.4 Å².